The van der Waals surface area contributed by atoms with Gasteiger partial charge in [0.1, 0.15) is 11.5 Å². The molecule has 2 rings (SSSR count). The third kappa shape index (κ3) is 3.50. The number of phenols is 2. The first-order valence-electron chi connectivity index (χ1n) is 6.26. The molecule has 0 radical (unpaired) electrons. The van der Waals surface area contributed by atoms with Crippen molar-refractivity contribution in [3.8, 4) is 11.5 Å². The second kappa shape index (κ2) is 6.26. The fraction of sp³-hybridized carbons (Fsp3) is 0.200. The lowest BCUT2D eigenvalue weighted by atomic mass is 9.96. The molecular weight excluding hydrogens is 320 g/mol. The molecule has 0 aliphatic heterocycles. The predicted octanol–water partition coefficient (Wildman–Crippen LogP) is 2.95. The molecule has 4 nitrogen and oxygen atoms in total. The Hall–Kier alpha value is -1.56. The number of hydrogen-bond donors (Lipinski definition) is 4. The average molecular weight is 337 g/mol. The second-order valence-corrected chi connectivity index (χ2v) is 5.60. The normalized spacial score (nSPS) is 13.9. The average Bonchev–Trinajstić information content (AvgIpc) is 2.39. The fourth-order valence-corrected chi connectivity index (χ4v) is 2.74. The Morgan fingerprint density at radius 3 is 2.10 bits per heavy atom. The Morgan fingerprint density at radius 1 is 0.900 bits per heavy atom. The minimum Gasteiger partial charge on any atom is -0.508 e. The smallest absolute Gasteiger partial charge is 0.116 e. The highest BCUT2D eigenvalue weighted by Gasteiger charge is 2.15. The molecule has 0 spiro atoms. The summed E-state index contributed by atoms with van der Waals surface area (Å²) in [5.74, 6) is 0.405. The van der Waals surface area contributed by atoms with E-state index >= 15 is 0 Å². The van der Waals surface area contributed by atoms with Crippen molar-refractivity contribution in [2.24, 2.45) is 11.5 Å². The van der Waals surface area contributed by atoms with Gasteiger partial charge < -0.3 is 21.7 Å². The van der Waals surface area contributed by atoms with E-state index in [0.717, 1.165) is 15.6 Å². The van der Waals surface area contributed by atoms with Crippen molar-refractivity contribution in [2.75, 3.05) is 0 Å². The first-order valence-corrected chi connectivity index (χ1v) is 7.05. The highest BCUT2D eigenvalue weighted by Crippen LogP contribution is 2.30. The lowest BCUT2D eigenvalue weighted by molar-refractivity contribution is 0.473. The molecule has 0 amide bonds. The minimum atomic E-state index is -0.242. The molecule has 0 aliphatic rings. The van der Waals surface area contributed by atoms with Gasteiger partial charge in [0.05, 0.1) is 0 Å². The Balaban J connectivity index is 2.10. The third-order valence-electron chi connectivity index (χ3n) is 3.21. The zero-order chi connectivity index (χ0) is 14.7. The summed E-state index contributed by atoms with van der Waals surface area (Å²) in [5, 5.41) is 18.7. The lowest BCUT2D eigenvalue weighted by Gasteiger charge is -2.19. The summed E-state index contributed by atoms with van der Waals surface area (Å²) >= 11 is 3.39. The molecule has 0 saturated heterocycles. The molecule has 0 saturated carbocycles. The summed E-state index contributed by atoms with van der Waals surface area (Å²) in [7, 11) is 0. The van der Waals surface area contributed by atoms with Crippen LogP contribution in [0.4, 0.5) is 0 Å². The maximum atomic E-state index is 9.39. The standard InChI is InChI=1S/C15H17BrN2O2/c16-13-7-11(20)5-6-12(13)15(18)8-14(17)9-1-3-10(19)4-2-9/h1-7,14-15,19-20H,8,17-18H2. The highest BCUT2D eigenvalue weighted by molar-refractivity contribution is 9.10. The third-order valence-corrected chi connectivity index (χ3v) is 3.90. The zero-order valence-corrected chi connectivity index (χ0v) is 12.4. The first-order chi connectivity index (χ1) is 9.47. The molecule has 0 fully saturated rings. The van der Waals surface area contributed by atoms with E-state index in [1.54, 1.807) is 42.5 Å². The number of rotatable bonds is 4. The number of phenolic OH excluding ortho intramolecular Hbond substituents is 2. The van der Waals surface area contributed by atoms with Crippen LogP contribution in [0.2, 0.25) is 0 Å². The van der Waals surface area contributed by atoms with Gasteiger partial charge in [-0.05, 0) is 41.8 Å². The molecular formula is C15H17BrN2O2. The number of halogens is 1. The molecule has 2 aromatic carbocycles. The SMILES string of the molecule is NC(CC(N)c1ccc(O)cc1Br)c1ccc(O)cc1. The van der Waals surface area contributed by atoms with Crippen LogP contribution in [0.15, 0.2) is 46.9 Å². The van der Waals surface area contributed by atoms with E-state index in [9.17, 15) is 10.2 Å². The topological polar surface area (TPSA) is 92.5 Å². The van der Waals surface area contributed by atoms with Gasteiger partial charge in [0.2, 0.25) is 0 Å². The Morgan fingerprint density at radius 2 is 1.50 bits per heavy atom. The number of benzene rings is 2. The Kier molecular flexibility index (Phi) is 4.65. The Labute approximate surface area is 126 Å². The van der Waals surface area contributed by atoms with Gasteiger partial charge in [0.15, 0.2) is 0 Å². The number of aromatic hydroxyl groups is 2. The minimum absolute atomic E-state index is 0.190. The maximum Gasteiger partial charge on any atom is 0.116 e. The van der Waals surface area contributed by atoms with Crippen LogP contribution in [-0.2, 0) is 0 Å². The quantitative estimate of drug-likeness (QED) is 0.690. The summed E-state index contributed by atoms with van der Waals surface area (Å²) in [5.41, 5.74) is 14.1. The van der Waals surface area contributed by atoms with E-state index in [1.165, 1.54) is 0 Å². The largest absolute Gasteiger partial charge is 0.508 e. The summed E-state index contributed by atoms with van der Waals surface area (Å²) in [6.07, 6.45) is 0.564. The fourth-order valence-electron chi connectivity index (χ4n) is 2.07. The Bertz CT molecular complexity index is 587. The first kappa shape index (κ1) is 14.8. The molecule has 20 heavy (non-hydrogen) atoms. The molecule has 0 bridgehead atoms. The second-order valence-electron chi connectivity index (χ2n) is 4.75. The molecule has 6 N–H and O–H groups in total. The molecule has 0 heterocycles. The van der Waals surface area contributed by atoms with Crippen LogP contribution >= 0.6 is 15.9 Å². The monoisotopic (exact) mass is 336 g/mol. The summed E-state index contributed by atoms with van der Waals surface area (Å²) in [4.78, 5) is 0. The van der Waals surface area contributed by atoms with E-state index in [2.05, 4.69) is 15.9 Å². The highest BCUT2D eigenvalue weighted by atomic mass is 79.9. The van der Waals surface area contributed by atoms with Crippen molar-refractivity contribution in [1.29, 1.82) is 0 Å². The zero-order valence-electron chi connectivity index (χ0n) is 10.8. The van der Waals surface area contributed by atoms with Gasteiger partial charge in [-0.3, -0.25) is 0 Å². The molecule has 2 aromatic rings. The van der Waals surface area contributed by atoms with Crippen molar-refractivity contribution in [1.82, 2.24) is 0 Å². The molecule has 5 heteroatoms. The number of nitrogens with two attached hydrogens (primary N) is 2. The van der Waals surface area contributed by atoms with E-state index in [1.807, 2.05) is 0 Å². The van der Waals surface area contributed by atoms with Crippen molar-refractivity contribution >= 4 is 15.9 Å². The van der Waals surface area contributed by atoms with Crippen molar-refractivity contribution in [3.63, 3.8) is 0 Å². The molecule has 106 valence electrons. The van der Waals surface area contributed by atoms with Crippen LogP contribution in [0.3, 0.4) is 0 Å². The maximum absolute atomic E-state index is 9.39. The van der Waals surface area contributed by atoms with Crippen LogP contribution in [-0.4, -0.2) is 10.2 Å². The molecule has 2 atom stereocenters. The van der Waals surface area contributed by atoms with Gasteiger partial charge in [-0.1, -0.05) is 34.1 Å². The van der Waals surface area contributed by atoms with Crippen LogP contribution in [0.25, 0.3) is 0 Å². The molecule has 2 unspecified atom stereocenters. The van der Waals surface area contributed by atoms with Crippen LogP contribution in [0.5, 0.6) is 11.5 Å². The van der Waals surface area contributed by atoms with Gasteiger partial charge >= 0.3 is 0 Å². The predicted molar refractivity (Wildman–Crippen MR) is 82.4 cm³/mol. The van der Waals surface area contributed by atoms with Crippen molar-refractivity contribution in [2.45, 2.75) is 18.5 Å². The lowest BCUT2D eigenvalue weighted by Crippen LogP contribution is -2.20. The van der Waals surface area contributed by atoms with E-state index in [0.29, 0.717) is 6.42 Å². The van der Waals surface area contributed by atoms with Crippen molar-refractivity contribution < 1.29 is 10.2 Å². The van der Waals surface area contributed by atoms with E-state index in [-0.39, 0.29) is 23.6 Å². The van der Waals surface area contributed by atoms with Crippen molar-refractivity contribution in [3.05, 3.63) is 58.1 Å². The number of hydrogen-bond acceptors (Lipinski definition) is 4. The van der Waals surface area contributed by atoms with Crippen LogP contribution in [0.1, 0.15) is 29.6 Å². The van der Waals surface area contributed by atoms with Gasteiger partial charge in [-0.25, -0.2) is 0 Å². The van der Waals surface area contributed by atoms with Crippen LogP contribution < -0.4 is 11.5 Å². The van der Waals surface area contributed by atoms with E-state index in [4.69, 9.17) is 11.5 Å². The van der Waals surface area contributed by atoms with Gasteiger partial charge in [-0.15, -0.1) is 0 Å². The van der Waals surface area contributed by atoms with Gasteiger partial charge in [0, 0.05) is 16.6 Å². The molecule has 0 aromatic heterocycles. The summed E-state index contributed by atoms with van der Waals surface area (Å²) in [6, 6.07) is 11.3. The van der Waals surface area contributed by atoms with Gasteiger partial charge in [0.25, 0.3) is 0 Å². The van der Waals surface area contributed by atoms with Crippen LogP contribution in [0, 0.1) is 0 Å². The summed E-state index contributed by atoms with van der Waals surface area (Å²) < 4.78 is 0.767. The summed E-state index contributed by atoms with van der Waals surface area (Å²) in [6.45, 7) is 0. The molecule has 0 aliphatic carbocycles. The van der Waals surface area contributed by atoms with Gasteiger partial charge in [-0.2, -0.15) is 0 Å². The van der Waals surface area contributed by atoms with E-state index < -0.39 is 0 Å².